The largest absolute Gasteiger partial charge is 0.492 e. The summed E-state index contributed by atoms with van der Waals surface area (Å²) in [6, 6.07) is 9.78. The first-order chi connectivity index (χ1) is 11.3. The maximum Gasteiger partial charge on any atom is 0.234 e. The number of amides is 1. The summed E-state index contributed by atoms with van der Waals surface area (Å²) < 4.78 is 5.94. The lowest BCUT2D eigenvalue weighted by atomic mass is 10.1. The average molecular weight is 315 g/mol. The third-order valence-corrected chi connectivity index (χ3v) is 4.04. The molecule has 1 fully saturated rings. The first-order valence-electron chi connectivity index (χ1n) is 8.36. The molecule has 0 unspecified atom stereocenters. The predicted molar refractivity (Wildman–Crippen MR) is 89.2 cm³/mol. The lowest BCUT2D eigenvalue weighted by molar-refractivity contribution is -0.120. The van der Waals surface area contributed by atoms with Crippen LogP contribution in [-0.2, 0) is 11.2 Å². The van der Waals surface area contributed by atoms with Crippen molar-refractivity contribution in [3.63, 3.8) is 0 Å². The molecule has 1 amide bonds. The maximum atomic E-state index is 11.3. The fourth-order valence-electron chi connectivity index (χ4n) is 2.79. The van der Waals surface area contributed by atoms with Crippen LogP contribution in [0.1, 0.15) is 31.2 Å². The van der Waals surface area contributed by atoms with Crippen LogP contribution in [0, 0.1) is 11.3 Å². The molecule has 1 heterocycles. The van der Waals surface area contributed by atoms with E-state index in [1.54, 1.807) is 0 Å². The molecular weight excluding hydrogens is 290 g/mol. The number of nitriles is 1. The monoisotopic (exact) mass is 315 g/mol. The Morgan fingerprint density at radius 1 is 1.26 bits per heavy atom. The molecule has 1 saturated heterocycles. The van der Waals surface area contributed by atoms with E-state index in [1.165, 1.54) is 32.4 Å². The Kier molecular flexibility index (Phi) is 7.41. The summed E-state index contributed by atoms with van der Waals surface area (Å²) in [5.41, 5.74) is 1.09. The normalized spacial score (nSPS) is 14.9. The summed E-state index contributed by atoms with van der Waals surface area (Å²) >= 11 is 0. The van der Waals surface area contributed by atoms with Crippen molar-refractivity contribution in [3.8, 4) is 11.8 Å². The second-order valence-electron chi connectivity index (χ2n) is 5.79. The molecule has 2 rings (SSSR count). The fourth-order valence-corrected chi connectivity index (χ4v) is 2.79. The van der Waals surface area contributed by atoms with E-state index in [4.69, 9.17) is 10.00 Å². The highest BCUT2D eigenvalue weighted by Gasteiger charge is 2.10. The Balaban J connectivity index is 1.75. The number of ether oxygens (including phenoxy) is 1. The fraction of sp³-hybridized carbons (Fsp3) is 0.556. The number of rotatable bonds is 8. The second kappa shape index (κ2) is 9.86. The number of likely N-dealkylation sites (tertiary alicyclic amines) is 1. The van der Waals surface area contributed by atoms with Crippen molar-refractivity contribution in [2.45, 2.75) is 32.1 Å². The Hall–Kier alpha value is -2.06. The number of nitrogens with one attached hydrogen (secondary N) is 1. The number of carbonyl (C=O) groups excluding carboxylic acids is 1. The lowest BCUT2D eigenvalue weighted by Gasteiger charge is -2.26. The molecular formula is C18H25N3O2. The predicted octanol–water partition coefficient (Wildman–Crippen LogP) is 2.12. The number of benzene rings is 1. The van der Waals surface area contributed by atoms with Gasteiger partial charge < -0.3 is 10.1 Å². The van der Waals surface area contributed by atoms with Gasteiger partial charge in [-0.15, -0.1) is 0 Å². The third kappa shape index (κ3) is 6.29. The smallest absolute Gasteiger partial charge is 0.234 e. The van der Waals surface area contributed by atoms with Gasteiger partial charge in [-0.2, -0.15) is 5.26 Å². The van der Waals surface area contributed by atoms with Crippen LogP contribution in [0.2, 0.25) is 0 Å². The number of hydrogen-bond donors (Lipinski definition) is 1. The van der Waals surface area contributed by atoms with E-state index in [9.17, 15) is 4.79 Å². The number of piperidine rings is 1. The van der Waals surface area contributed by atoms with Gasteiger partial charge in [-0.05, 0) is 44.0 Å². The van der Waals surface area contributed by atoms with E-state index in [0.717, 1.165) is 17.9 Å². The van der Waals surface area contributed by atoms with E-state index in [-0.39, 0.29) is 12.3 Å². The molecule has 0 aromatic heterocycles. The van der Waals surface area contributed by atoms with Crippen LogP contribution in [0.5, 0.6) is 5.75 Å². The van der Waals surface area contributed by atoms with Gasteiger partial charge in [0.1, 0.15) is 18.8 Å². The summed E-state index contributed by atoms with van der Waals surface area (Å²) in [6.07, 6.45) is 4.54. The van der Waals surface area contributed by atoms with Crippen molar-refractivity contribution in [1.82, 2.24) is 10.2 Å². The van der Waals surface area contributed by atoms with Gasteiger partial charge in [0.15, 0.2) is 0 Å². The van der Waals surface area contributed by atoms with Gasteiger partial charge >= 0.3 is 0 Å². The number of hydrogen-bond acceptors (Lipinski definition) is 4. The topological polar surface area (TPSA) is 65.4 Å². The molecule has 0 saturated carbocycles. The van der Waals surface area contributed by atoms with E-state index in [0.29, 0.717) is 19.6 Å². The molecule has 1 aromatic carbocycles. The van der Waals surface area contributed by atoms with Crippen molar-refractivity contribution >= 4 is 5.91 Å². The molecule has 0 radical (unpaired) electrons. The highest BCUT2D eigenvalue weighted by Crippen LogP contribution is 2.18. The minimum Gasteiger partial charge on any atom is -0.492 e. The molecule has 0 aliphatic carbocycles. The Morgan fingerprint density at radius 3 is 2.83 bits per heavy atom. The van der Waals surface area contributed by atoms with Crippen molar-refractivity contribution in [3.05, 3.63) is 29.8 Å². The quantitative estimate of drug-likeness (QED) is 0.798. The highest BCUT2D eigenvalue weighted by molar-refractivity contribution is 5.77. The van der Waals surface area contributed by atoms with Crippen molar-refractivity contribution in [2.75, 3.05) is 32.8 Å². The van der Waals surface area contributed by atoms with E-state index < -0.39 is 0 Å². The van der Waals surface area contributed by atoms with Gasteiger partial charge in [0.25, 0.3) is 0 Å². The Morgan fingerprint density at radius 2 is 2.04 bits per heavy atom. The standard InChI is InChI=1S/C18H25N3O2/c19-10-8-18(22)20-11-9-16-6-2-3-7-17(16)23-15-14-21-12-4-1-5-13-21/h2-3,6-7H,1,4-5,8-9,11-15H2,(H,20,22). The highest BCUT2D eigenvalue weighted by atomic mass is 16.5. The van der Waals surface area contributed by atoms with Crippen LogP contribution < -0.4 is 10.1 Å². The lowest BCUT2D eigenvalue weighted by Crippen LogP contribution is -2.33. The molecule has 1 N–H and O–H groups in total. The number of nitrogens with zero attached hydrogens (tertiary/aromatic N) is 2. The molecule has 0 spiro atoms. The molecule has 5 heteroatoms. The van der Waals surface area contributed by atoms with Gasteiger partial charge in [-0.3, -0.25) is 9.69 Å². The van der Waals surface area contributed by atoms with Crippen molar-refractivity contribution in [1.29, 1.82) is 5.26 Å². The molecule has 1 aliphatic rings. The van der Waals surface area contributed by atoms with Crippen molar-refractivity contribution < 1.29 is 9.53 Å². The summed E-state index contributed by atoms with van der Waals surface area (Å²) in [5.74, 6) is 0.662. The zero-order valence-electron chi connectivity index (χ0n) is 13.6. The van der Waals surface area contributed by atoms with Crippen LogP contribution in [0.25, 0.3) is 0 Å². The van der Waals surface area contributed by atoms with Crippen molar-refractivity contribution in [2.24, 2.45) is 0 Å². The number of carbonyl (C=O) groups is 1. The van der Waals surface area contributed by atoms with Crippen LogP contribution in [0.15, 0.2) is 24.3 Å². The minimum atomic E-state index is -0.226. The summed E-state index contributed by atoms with van der Waals surface area (Å²) in [4.78, 5) is 13.7. The summed E-state index contributed by atoms with van der Waals surface area (Å²) in [6.45, 7) is 4.53. The molecule has 1 aromatic rings. The SMILES string of the molecule is N#CCC(=O)NCCc1ccccc1OCCN1CCCCC1. The van der Waals surface area contributed by atoms with Crippen LogP contribution in [0.4, 0.5) is 0 Å². The second-order valence-corrected chi connectivity index (χ2v) is 5.79. The first-order valence-corrected chi connectivity index (χ1v) is 8.36. The van der Waals surface area contributed by atoms with Crippen LogP contribution in [0.3, 0.4) is 0 Å². The average Bonchev–Trinajstić information content (AvgIpc) is 2.57. The summed E-state index contributed by atoms with van der Waals surface area (Å²) in [7, 11) is 0. The number of para-hydroxylation sites is 1. The Labute approximate surface area is 138 Å². The van der Waals surface area contributed by atoms with Gasteiger partial charge in [-0.25, -0.2) is 0 Å². The Bertz CT molecular complexity index is 533. The van der Waals surface area contributed by atoms with Gasteiger partial charge in [0.05, 0.1) is 6.07 Å². The van der Waals surface area contributed by atoms with E-state index >= 15 is 0 Å². The third-order valence-electron chi connectivity index (χ3n) is 4.04. The van der Waals surface area contributed by atoms with E-state index in [2.05, 4.69) is 10.2 Å². The molecule has 0 bridgehead atoms. The molecule has 0 atom stereocenters. The first kappa shape index (κ1) is 17.3. The minimum absolute atomic E-state index is 0.0893. The van der Waals surface area contributed by atoms with Crippen LogP contribution >= 0.6 is 0 Å². The molecule has 5 nitrogen and oxygen atoms in total. The van der Waals surface area contributed by atoms with Gasteiger partial charge in [0, 0.05) is 13.1 Å². The zero-order chi connectivity index (χ0) is 16.3. The van der Waals surface area contributed by atoms with Gasteiger partial charge in [-0.1, -0.05) is 24.6 Å². The van der Waals surface area contributed by atoms with Crippen LogP contribution in [-0.4, -0.2) is 43.6 Å². The summed E-state index contributed by atoms with van der Waals surface area (Å²) in [5, 5.41) is 11.2. The van der Waals surface area contributed by atoms with Gasteiger partial charge in [0.2, 0.25) is 5.91 Å². The molecule has 124 valence electrons. The van der Waals surface area contributed by atoms with E-state index in [1.807, 2.05) is 30.3 Å². The zero-order valence-corrected chi connectivity index (χ0v) is 13.6. The molecule has 23 heavy (non-hydrogen) atoms. The maximum absolute atomic E-state index is 11.3. The molecule has 1 aliphatic heterocycles.